The Labute approximate surface area is 178 Å². The zero-order valence-corrected chi connectivity index (χ0v) is 17.3. The first kappa shape index (κ1) is 20.1. The highest BCUT2D eigenvalue weighted by Crippen LogP contribution is 2.26. The molecule has 1 amide bonds. The molecule has 0 atom stereocenters. The summed E-state index contributed by atoms with van der Waals surface area (Å²) in [4.78, 5) is 37.9. The van der Waals surface area contributed by atoms with E-state index >= 15 is 0 Å². The van der Waals surface area contributed by atoms with E-state index in [0.717, 1.165) is 22.0 Å². The van der Waals surface area contributed by atoms with Gasteiger partial charge in [0, 0.05) is 17.8 Å². The summed E-state index contributed by atoms with van der Waals surface area (Å²) in [6.45, 7) is 5.84. The number of para-hydroxylation sites is 1. The summed E-state index contributed by atoms with van der Waals surface area (Å²) in [7, 11) is 0. The second-order valence-corrected chi connectivity index (χ2v) is 6.85. The number of anilines is 1. The molecule has 1 aromatic carbocycles. The number of hydrogen-bond donors (Lipinski definition) is 1. The zero-order valence-electron chi connectivity index (χ0n) is 17.3. The Balaban J connectivity index is 1.85. The van der Waals surface area contributed by atoms with E-state index in [2.05, 4.69) is 20.4 Å². The summed E-state index contributed by atoms with van der Waals surface area (Å²) in [6, 6.07) is 7.80. The fraction of sp³-hybridized carbons (Fsp3) is 0.182. The van der Waals surface area contributed by atoms with Crippen molar-refractivity contribution >= 4 is 28.6 Å². The Bertz CT molecular complexity index is 1280. The number of pyridine rings is 1. The molecule has 3 aromatic heterocycles. The number of carbonyl (C=O) groups excluding carboxylic acids is 2. The van der Waals surface area contributed by atoms with Crippen molar-refractivity contribution in [3.63, 3.8) is 0 Å². The molecule has 0 saturated heterocycles. The molecule has 4 aromatic rings. The van der Waals surface area contributed by atoms with Crippen molar-refractivity contribution in [1.82, 2.24) is 24.7 Å². The maximum Gasteiger partial charge on any atom is 0.343 e. The predicted octanol–water partition coefficient (Wildman–Crippen LogP) is 3.26. The average molecular weight is 416 g/mol. The summed E-state index contributed by atoms with van der Waals surface area (Å²) in [5, 5.41) is 8.05. The fourth-order valence-electron chi connectivity index (χ4n) is 3.24. The highest BCUT2D eigenvalue weighted by Gasteiger charge is 2.23. The monoisotopic (exact) mass is 416 g/mol. The van der Waals surface area contributed by atoms with E-state index < -0.39 is 11.9 Å². The van der Waals surface area contributed by atoms with Gasteiger partial charge in [0.25, 0.3) is 5.91 Å². The van der Waals surface area contributed by atoms with Crippen molar-refractivity contribution in [1.29, 1.82) is 0 Å². The van der Waals surface area contributed by atoms with Crippen molar-refractivity contribution < 1.29 is 14.3 Å². The number of benzene rings is 1. The van der Waals surface area contributed by atoms with E-state index in [1.54, 1.807) is 6.92 Å². The second-order valence-electron chi connectivity index (χ2n) is 6.85. The molecule has 0 bridgehead atoms. The van der Waals surface area contributed by atoms with E-state index in [1.165, 1.54) is 29.5 Å². The fourth-order valence-corrected chi connectivity index (χ4v) is 3.24. The van der Waals surface area contributed by atoms with Gasteiger partial charge in [-0.25, -0.2) is 14.8 Å². The standard InChI is InChI=1S/C22H20N6O3/c1-4-31-22(30)16-11-25-28(20(16)27-21(29)17-12-23-8-9-24-17)18-10-14(3)15-7-5-6-13(2)19(15)26-18/h5-12H,4H2,1-3H3,(H,27,29). The molecular formula is C22H20N6O3. The number of aryl methyl sites for hydroxylation is 2. The Morgan fingerprint density at radius 3 is 2.71 bits per heavy atom. The Kier molecular flexibility index (Phi) is 5.40. The first-order valence-electron chi connectivity index (χ1n) is 9.69. The molecule has 9 heteroatoms. The average Bonchev–Trinajstić information content (AvgIpc) is 3.18. The maximum atomic E-state index is 12.7. The van der Waals surface area contributed by atoms with Gasteiger partial charge in [0.1, 0.15) is 11.3 Å². The lowest BCUT2D eigenvalue weighted by Crippen LogP contribution is -2.19. The van der Waals surface area contributed by atoms with Crippen LogP contribution in [0.4, 0.5) is 5.82 Å². The van der Waals surface area contributed by atoms with Gasteiger partial charge in [-0.3, -0.25) is 9.78 Å². The third kappa shape index (κ3) is 3.85. The highest BCUT2D eigenvalue weighted by molar-refractivity contribution is 6.06. The molecule has 0 aliphatic heterocycles. The summed E-state index contributed by atoms with van der Waals surface area (Å²) >= 11 is 0. The van der Waals surface area contributed by atoms with Crippen molar-refractivity contribution in [3.05, 3.63) is 71.4 Å². The van der Waals surface area contributed by atoms with Gasteiger partial charge in [0.15, 0.2) is 11.6 Å². The molecule has 0 fully saturated rings. The first-order valence-corrected chi connectivity index (χ1v) is 9.69. The largest absolute Gasteiger partial charge is 0.462 e. The van der Waals surface area contributed by atoms with Crippen molar-refractivity contribution in [2.45, 2.75) is 20.8 Å². The molecule has 9 nitrogen and oxygen atoms in total. The quantitative estimate of drug-likeness (QED) is 0.497. The van der Waals surface area contributed by atoms with Crippen molar-refractivity contribution in [2.24, 2.45) is 0 Å². The number of nitrogens with one attached hydrogen (secondary N) is 1. The van der Waals surface area contributed by atoms with Crippen LogP contribution in [-0.4, -0.2) is 43.2 Å². The minimum atomic E-state index is -0.600. The first-order chi connectivity index (χ1) is 15.0. The Morgan fingerprint density at radius 2 is 1.97 bits per heavy atom. The van der Waals surface area contributed by atoms with Gasteiger partial charge in [-0.1, -0.05) is 18.2 Å². The van der Waals surface area contributed by atoms with Crippen molar-refractivity contribution in [2.75, 3.05) is 11.9 Å². The highest BCUT2D eigenvalue weighted by atomic mass is 16.5. The SMILES string of the molecule is CCOC(=O)c1cnn(-c2cc(C)c3cccc(C)c3n2)c1NC(=O)c1cnccn1. The molecule has 0 aliphatic carbocycles. The Morgan fingerprint density at radius 1 is 1.13 bits per heavy atom. The van der Waals surface area contributed by atoms with Crippen LogP contribution in [0.2, 0.25) is 0 Å². The summed E-state index contributed by atoms with van der Waals surface area (Å²) in [5.74, 6) is -0.524. The van der Waals surface area contributed by atoms with Crippen molar-refractivity contribution in [3.8, 4) is 5.82 Å². The molecule has 3 heterocycles. The topological polar surface area (TPSA) is 112 Å². The van der Waals surface area contributed by atoms with Crippen LogP contribution in [0, 0.1) is 13.8 Å². The lowest BCUT2D eigenvalue weighted by atomic mass is 10.1. The van der Waals surface area contributed by atoms with Crippen LogP contribution in [-0.2, 0) is 4.74 Å². The summed E-state index contributed by atoms with van der Waals surface area (Å²) in [5.41, 5.74) is 3.03. The van der Waals surface area contributed by atoms with Crippen LogP contribution in [0.3, 0.4) is 0 Å². The van der Waals surface area contributed by atoms with Crippen LogP contribution < -0.4 is 5.32 Å². The van der Waals surface area contributed by atoms with Gasteiger partial charge in [-0.05, 0) is 38.0 Å². The van der Waals surface area contributed by atoms with E-state index in [9.17, 15) is 9.59 Å². The molecular weight excluding hydrogens is 396 g/mol. The minimum absolute atomic E-state index is 0.101. The summed E-state index contributed by atoms with van der Waals surface area (Å²) in [6.07, 6.45) is 5.57. The van der Waals surface area contributed by atoms with Gasteiger partial charge in [-0.15, -0.1) is 0 Å². The third-order valence-electron chi connectivity index (χ3n) is 4.74. The van der Waals surface area contributed by atoms with Gasteiger partial charge in [-0.2, -0.15) is 9.78 Å². The Hall–Kier alpha value is -4.14. The smallest absolute Gasteiger partial charge is 0.343 e. The molecule has 31 heavy (non-hydrogen) atoms. The van der Waals surface area contributed by atoms with E-state index in [1.807, 2.05) is 38.1 Å². The molecule has 0 radical (unpaired) electrons. The molecule has 0 aliphatic rings. The maximum absolute atomic E-state index is 12.7. The third-order valence-corrected chi connectivity index (χ3v) is 4.74. The van der Waals surface area contributed by atoms with Crippen LogP contribution in [0.25, 0.3) is 16.7 Å². The number of ether oxygens (including phenoxy) is 1. The number of carbonyl (C=O) groups is 2. The van der Waals surface area contributed by atoms with Gasteiger partial charge in [0.05, 0.1) is 24.5 Å². The number of aromatic nitrogens is 5. The molecule has 0 saturated carbocycles. The number of esters is 1. The number of fused-ring (bicyclic) bond motifs is 1. The lowest BCUT2D eigenvalue weighted by Gasteiger charge is -2.12. The number of hydrogen-bond acceptors (Lipinski definition) is 7. The number of amides is 1. The van der Waals surface area contributed by atoms with Crippen LogP contribution in [0.15, 0.2) is 49.1 Å². The summed E-state index contributed by atoms with van der Waals surface area (Å²) < 4.78 is 6.54. The van der Waals surface area contributed by atoms with Crippen LogP contribution in [0.5, 0.6) is 0 Å². The minimum Gasteiger partial charge on any atom is -0.462 e. The van der Waals surface area contributed by atoms with Gasteiger partial charge in [0.2, 0.25) is 0 Å². The molecule has 0 unspecified atom stereocenters. The normalized spacial score (nSPS) is 10.8. The lowest BCUT2D eigenvalue weighted by molar-refractivity contribution is 0.0527. The molecule has 1 N–H and O–H groups in total. The molecule has 156 valence electrons. The van der Waals surface area contributed by atoms with Crippen LogP contribution in [0.1, 0.15) is 38.9 Å². The van der Waals surface area contributed by atoms with E-state index in [0.29, 0.717) is 5.82 Å². The van der Waals surface area contributed by atoms with E-state index in [4.69, 9.17) is 9.72 Å². The molecule has 4 rings (SSSR count). The number of nitrogens with zero attached hydrogens (tertiary/aromatic N) is 5. The zero-order chi connectivity index (χ0) is 22.0. The number of rotatable bonds is 5. The van der Waals surface area contributed by atoms with Gasteiger partial charge >= 0.3 is 5.97 Å². The predicted molar refractivity (Wildman–Crippen MR) is 114 cm³/mol. The second kappa shape index (κ2) is 8.31. The van der Waals surface area contributed by atoms with E-state index in [-0.39, 0.29) is 23.7 Å². The van der Waals surface area contributed by atoms with Gasteiger partial charge < -0.3 is 10.1 Å². The van der Waals surface area contributed by atoms with Crippen LogP contribution >= 0.6 is 0 Å². The molecule has 0 spiro atoms.